The molecule has 1 aliphatic rings. The molecule has 0 unspecified atom stereocenters. The van der Waals surface area contributed by atoms with Crippen molar-refractivity contribution >= 4 is 46.6 Å². The lowest BCUT2D eigenvalue weighted by Gasteiger charge is -2.35. The maximum atomic E-state index is 12.0. The first-order chi connectivity index (χ1) is 10.5. The van der Waals surface area contributed by atoms with Gasteiger partial charge in [-0.25, -0.2) is 10.6 Å². The predicted octanol–water partition coefficient (Wildman–Crippen LogP) is 2.00. The molecule has 1 amide bonds. The molecule has 6 nitrogen and oxygen atoms in total. The van der Waals surface area contributed by atoms with Gasteiger partial charge in [-0.3, -0.25) is 0 Å². The van der Waals surface area contributed by atoms with Crippen LogP contribution in [0.15, 0.2) is 18.2 Å². The van der Waals surface area contributed by atoms with Crippen LogP contribution in [0.25, 0.3) is 0 Å². The summed E-state index contributed by atoms with van der Waals surface area (Å²) in [5.74, 6) is 5.27. The predicted molar refractivity (Wildman–Crippen MR) is 89.7 cm³/mol. The average Bonchev–Trinajstić information content (AvgIpc) is 2.51. The van der Waals surface area contributed by atoms with Crippen molar-refractivity contribution < 1.29 is 9.53 Å². The van der Waals surface area contributed by atoms with E-state index in [1.54, 1.807) is 23.1 Å². The third kappa shape index (κ3) is 4.61. The third-order valence-corrected chi connectivity index (χ3v) is 4.05. The largest absolute Gasteiger partial charge is 0.445 e. The number of amides is 1. The lowest BCUT2D eigenvalue weighted by molar-refractivity contribution is 0.0824. The molecule has 22 heavy (non-hydrogen) atoms. The number of nitrogens with one attached hydrogen (secondary N) is 1. The Morgan fingerprint density at radius 1 is 1.18 bits per heavy atom. The monoisotopic (exact) mass is 362 g/mol. The lowest BCUT2D eigenvalue weighted by Crippen LogP contribution is -2.54. The molecule has 0 bridgehead atoms. The van der Waals surface area contributed by atoms with Gasteiger partial charge in [0.15, 0.2) is 5.11 Å². The molecule has 9 heteroatoms. The minimum absolute atomic E-state index is 0.127. The molecule has 1 aliphatic heterocycles. The molecule has 2 rings (SSSR count). The Kier molecular flexibility index (Phi) is 6.07. The second kappa shape index (κ2) is 7.82. The fourth-order valence-electron chi connectivity index (χ4n) is 2.11. The molecule has 0 aromatic heterocycles. The number of thiocarbonyl (C=S) groups is 1. The van der Waals surface area contributed by atoms with E-state index in [4.69, 9.17) is 46.0 Å². The number of benzene rings is 1. The Morgan fingerprint density at radius 3 is 2.27 bits per heavy atom. The molecule has 0 saturated carbocycles. The van der Waals surface area contributed by atoms with E-state index in [9.17, 15) is 4.79 Å². The van der Waals surface area contributed by atoms with Crippen LogP contribution >= 0.6 is 35.4 Å². The van der Waals surface area contributed by atoms with Crippen molar-refractivity contribution in [2.45, 2.75) is 6.61 Å². The quantitative estimate of drug-likeness (QED) is 0.476. The number of hydrogen-bond acceptors (Lipinski definition) is 4. The van der Waals surface area contributed by atoms with Crippen molar-refractivity contribution in [1.29, 1.82) is 0 Å². The highest BCUT2D eigenvalue weighted by Crippen LogP contribution is 2.19. The first kappa shape index (κ1) is 17.1. The molecular formula is C13H16Cl2N4O2S. The summed E-state index contributed by atoms with van der Waals surface area (Å²) in [6.07, 6.45) is -0.373. The van der Waals surface area contributed by atoms with Crippen LogP contribution in [-0.4, -0.2) is 47.2 Å². The number of nitrogens with zero attached hydrogens (tertiary/aromatic N) is 2. The number of carbonyl (C=O) groups is 1. The van der Waals surface area contributed by atoms with Crippen molar-refractivity contribution in [1.82, 2.24) is 15.2 Å². The second-order valence-corrected chi connectivity index (χ2v) is 6.02. The Morgan fingerprint density at radius 2 is 1.73 bits per heavy atom. The molecule has 1 saturated heterocycles. The highest BCUT2D eigenvalue weighted by atomic mass is 35.5. The standard InChI is InChI=1S/C13H16Cl2N4O2S/c14-10-5-9(6-11(15)7-10)8-21-13(20)19-3-1-18(2-4-19)12(22)17-16/h5-7H,1-4,8,16H2,(H,17,22). The number of hydrazine groups is 1. The minimum atomic E-state index is -0.373. The van der Waals surface area contributed by atoms with Gasteiger partial charge in [0.2, 0.25) is 0 Å². The normalized spacial score (nSPS) is 14.7. The molecule has 3 N–H and O–H groups in total. The van der Waals surface area contributed by atoms with Crippen LogP contribution in [0, 0.1) is 0 Å². The molecule has 0 spiro atoms. The maximum absolute atomic E-state index is 12.0. The van der Waals surface area contributed by atoms with Crippen molar-refractivity contribution in [3.8, 4) is 0 Å². The molecule has 1 heterocycles. The van der Waals surface area contributed by atoms with Gasteiger partial charge in [0.05, 0.1) is 0 Å². The zero-order valence-electron chi connectivity index (χ0n) is 11.7. The van der Waals surface area contributed by atoms with Gasteiger partial charge < -0.3 is 20.0 Å². The molecule has 0 aliphatic carbocycles. The van der Waals surface area contributed by atoms with Crippen LogP contribution < -0.4 is 11.3 Å². The molecule has 0 radical (unpaired) electrons. The Balaban J connectivity index is 1.82. The molecule has 1 aromatic carbocycles. The van der Waals surface area contributed by atoms with Gasteiger partial charge in [0.1, 0.15) is 6.61 Å². The number of nitrogens with two attached hydrogens (primary N) is 1. The molecule has 1 aromatic rings. The molecule has 120 valence electrons. The van der Waals surface area contributed by atoms with Crippen LogP contribution in [0.2, 0.25) is 10.0 Å². The number of piperazine rings is 1. The minimum Gasteiger partial charge on any atom is -0.445 e. The topological polar surface area (TPSA) is 70.8 Å². The molecular weight excluding hydrogens is 347 g/mol. The lowest BCUT2D eigenvalue weighted by atomic mass is 10.2. The zero-order chi connectivity index (χ0) is 16.1. The highest BCUT2D eigenvalue weighted by Gasteiger charge is 2.23. The van der Waals surface area contributed by atoms with E-state index in [-0.39, 0.29) is 12.7 Å². The summed E-state index contributed by atoms with van der Waals surface area (Å²) in [7, 11) is 0. The van der Waals surface area contributed by atoms with E-state index in [2.05, 4.69) is 5.43 Å². The van der Waals surface area contributed by atoms with Gasteiger partial charge in [-0.1, -0.05) is 23.2 Å². The number of rotatable bonds is 2. The Hall–Kier alpha value is -1.28. The fourth-order valence-corrected chi connectivity index (χ4v) is 2.87. The summed E-state index contributed by atoms with van der Waals surface area (Å²) in [6, 6.07) is 5.05. The second-order valence-electron chi connectivity index (χ2n) is 4.76. The van der Waals surface area contributed by atoms with Gasteiger partial charge >= 0.3 is 6.09 Å². The molecule has 0 atom stereocenters. The fraction of sp³-hybridized carbons (Fsp3) is 0.385. The van der Waals surface area contributed by atoms with E-state index < -0.39 is 0 Å². The van der Waals surface area contributed by atoms with E-state index in [0.717, 1.165) is 5.56 Å². The first-order valence-electron chi connectivity index (χ1n) is 6.62. The van der Waals surface area contributed by atoms with Crippen molar-refractivity contribution in [3.05, 3.63) is 33.8 Å². The maximum Gasteiger partial charge on any atom is 0.410 e. The third-order valence-electron chi connectivity index (χ3n) is 3.23. The summed E-state index contributed by atoms with van der Waals surface area (Å²) in [4.78, 5) is 15.6. The van der Waals surface area contributed by atoms with E-state index in [1.165, 1.54) is 0 Å². The van der Waals surface area contributed by atoms with E-state index in [1.807, 2.05) is 4.90 Å². The summed E-state index contributed by atoms with van der Waals surface area (Å²) >= 11 is 16.9. The first-order valence-corrected chi connectivity index (χ1v) is 7.78. The van der Waals surface area contributed by atoms with Gasteiger partial charge in [0, 0.05) is 36.2 Å². The van der Waals surface area contributed by atoms with Crippen molar-refractivity contribution in [2.75, 3.05) is 26.2 Å². The van der Waals surface area contributed by atoms with E-state index >= 15 is 0 Å². The number of halogens is 2. The summed E-state index contributed by atoms with van der Waals surface area (Å²) in [6.45, 7) is 2.40. The van der Waals surface area contributed by atoms with Gasteiger partial charge in [-0.15, -0.1) is 0 Å². The smallest absolute Gasteiger partial charge is 0.410 e. The summed E-state index contributed by atoms with van der Waals surface area (Å²) in [5, 5.41) is 1.49. The SMILES string of the molecule is NNC(=S)N1CCN(C(=O)OCc2cc(Cl)cc(Cl)c2)CC1. The number of hydrogen-bond donors (Lipinski definition) is 2. The zero-order valence-corrected chi connectivity index (χ0v) is 14.0. The van der Waals surface area contributed by atoms with Crippen LogP contribution in [0.5, 0.6) is 0 Å². The number of ether oxygens (including phenoxy) is 1. The van der Waals surface area contributed by atoms with Crippen LogP contribution in [0.3, 0.4) is 0 Å². The summed E-state index contributed by atoms with van der Waals surface area (Å²) < 4.78 is 5.28. The van der Waals surface area contributed by atoms with Crippen LogP contribution in [-0.2, 0) is 11.3 Å². The van der Waals surface area contributed by atoms with Gasteiger partial charge in [-0.05, 0) is 36.0 Å². The Labute approximate surface area is 144 Å². The average molecular weight is 363 g/mol. The van der Waals surface area contributed by atoms with Gasteiger partial charge in [-0.2, -0.15) is 0 Å². The molecule has 1 fully saturated rings. The number of carbonyl (C=O) groups excluding carboxylic acids is 1. The van der Waals surface area contributed by atoms with Gasteiger partial charge in [0.25, 0.3) is 0 Å². The van der Waals surface area contributed by atoms with Crippen molar-refractivity contribution in [3.63, 3.8) is 0 Å². The van der Waals surface area contributed by atoms with Crippen LogP contribution in [0.1, 0.15) is 5.56 Å². The highest BCUT2D eigenvalue weighted by molar-refractivity contribution is 7.80. The Bertz CT molecular complexity index is 545. The van der Waals surface area contributed by atoms with E-state index in [0.29, 0.717) is 41.3 Å². The van der Waals surface area contributed by atoms with Crippen LogP contribution in [0.4, 0.5) is 4.79 Å². The van der Waals surface area contributed by atoms with Crippen molar-refractivity contribution in [2.24, 2.45) is 5.84 Å². The summed E-state index contributed by atoms with van der Waals surface area (Å²) in [5.41, 5.74) is 3.18.